The molecule has 2 N–H and O–H groups in total. The Morgan fingerprint density at radius 1 is 1.33 bits per heavy atom. The summed E-state index contributed by atoms with van der Waals surface area (Å²) in [6.07, 6.45) is 7.24. The molecule has 0 aromatic carbocycles. The molecule has 0 aliphatic heterocycles. The maximum atomic E-state index is 5.96. The van der Waals surface area contributed by atoms with E-state index in [9.17, 15) is 0 Å². The summed E-state index contributed by atoms with van der Waals surface area (Å²) in [5.41, 5.74) is 5.18. The number of nitrogens with two attached hydrogens (primary N) is 1. The molecule has 18 heavy (non-hydrogen) atoms. The van der Waals surface area contributed by atoms with Crippen LogP contribution in [0.2, 0.25) is 0 Å². The smallest absolute Gasteiger partial charge is 0.226 e. The Labute approximate surface area is 108 Å². The lowest BCUT2D eigenvalue weighted by atomic mass is 9.84. The molecule has 5 nitrogen and oxygen atoms in total. The third-order valence-corrected chi connectivity index (χ3v) is 3.55. The fourth-order valence-electron chi connectivity index (χ4n) is 2.63. The van der Waals surface area contributed by atoms with Crippen LogP contribution in [0.3, 0.4) is 0 Å². The van der Waals surface area contributed by atoms with E-state index in [0.717, 1.165) is 31.5 Å². The zero-order chi connectivity index (χ0) is 12.8. The number of hydrogen-bond donors (Lipinski definition) is 1. The molecule has 1 aromatic heterocycles. The molecule has 1 heterocycles. The van der Waals surface area contributed by atoms with E-state index >= 15 is 0 Å². The van der Waals surface area contributed by atoms with Crippen LogP contribution in [-0.4, -0.2) is 23.3 Å². The van der Waals surface area contributed by atoms with Crippen molar-refractivity contribution in [2.75, 3.05) is 13.2 Å². The first kappa shape index (κ1) is 13.5. The lowest BCUT2D eigenvalue weighted by molar-refractivity contribution is -0.0777. The summed E-state index contributed by atoms with van der Waals surface area (Å²) in [4.78, 5) is 4.50. The number of ether oxygens (including phenoxy) is 1. The third kappa shape index (κ3) is 2.90. The van der Waals surface area contributed by atoms with Gasteiger partial charge in [-0.05, 0) is 32.7 Å². The van der Waals surface area contributed by atoms with E-state index in [-0.39, 0.29) is 5.60 Å². The SMILES string of the molecule is CCOC1(c2noc(CCCN)n2)CCCCC1. The summed E-state index contributed by atoms with van der Waals surface area (Å²) in [7, 11) is 0. The predicted molar refractivity (Wildman–Crippen MR) is 68.1 cm³/mol. The Kier molecular flexibility index (Phi) is 4.72. The number of aromatic nitrogens is 2. The van der Waals surface area contributed by atoms with E-state index in [1.165, 1.54) is 19.3 Å². The fourth-order valence-corrected chi connectivity index (χ4v) is 2.63. The normalized spacial score (nSPS) is 19.0. The van der Waals surface area contributed by atoms with Crippen LogP contribution in [0.1, 0.15) is 57.2 Å². The second kappa shape index (κ2) is 6.29. The van der Waals surface area contributed by atoms with Crippen LogP contribution in [0, 0.1) is 0 Å². The molecule has 0 saturated heterocycles. The second-order valence-corrected chi connectivity index (χ2v) is 4.89. The lowest BCUT2D eigenvalue weighted by Crippen LogP contribution is -2.33. The van der Waals surface area contributed by atoms with Crippen LogP contribution in [0.15, 0.2) is 4.52 Å². The number of rotatable bonds is 6. The molecule has 1 aliphatic carbocycles. The molecule has 5 heteroatoms. The fraction of sp³-hybridized carbons (Fsp3) is 0.846. The van der Waals surface area contributed by atoms with Crippen LogP contribution in [0.25, 0.3) is 0 Å². The van der Waals surface area contributed by atoms with E-state index < -0.39 is 0 Å². The van der Waals surface area contributed by atoms with E-state index in [0.29, 0.717) is 19.0 Å². The number of nitrogens with zero attached hydrogens (tertiary/aromatic N) is 2. The minimum atomic E-state index is -0.308. The van der Waals surface area contributed by atoms with Crippen molar-refractivity contribution in [3.05, 3.63) is 11.7 Å². The highest BCUT2D eigenvalue weighted by Gasteiger charge is 2.39. The standard InChI is InChI=1S/C13H23N3O2/c1-2-17-13(8-4-3-5-9-13)12-15-11(18-16-12)7-6-10-14/h2-10,14H2,1H3. The Balaban J connectivity index is 2.12. The minimum absolute atomic E-state index is 0.308. The van der Waals surface area contributed by atoms with E-state index in [1.54, 1.807) is 0 Å². The van der Waals surface area contributed by atoms with Gasteiger partial charge in [0.2, 0.25) is 11.7 Å². The summed E-state index contributed by atoms with van der Waals surface area (Å²) in [6.45, 7) is 3.35. The van der Waals surface area contributed by atoms with E-state index in [4.69, 9.17) is 15.0 Å². The zero-order valence-corrected chi connectivity index (χ0v) is 11.2. The zero-order valence-electron chi connectivity index (χ0n) is 11.2. The number of aryl methyl sites for hydroxylation is 1. The van der Waals surface area contributed by atoms with Gasteiger partial charge in [-0.15, -0.1) is 0 Å². The van der Waals surface area contributed by atoms with Crippen LogP contribution >= 0.6 is 0 Å². The van der Waals surface area contributed by atoms with E-state index in [1.807, 2.05) is 6.92 Å². The minimum Gasteiger partial charge on any atom is -0.367 e. The van der Waals surface area contributed by atoms with E-state index in [2.05, 4.69) is 10.1 Å². The van der Waals surface area contributed by atoms with Gasteiger partial charge in [-0.2, -0.15) is 4.98 Å². The van der Waals surface area contributed by atoms with Crippen molar-refractivity contribution in [3.63, 3.8) is 0 Å². The van der Waals surface area contributed by atoms with Crippen molar-refractivity contribution < 1.29 is 9.26 Å². The molecule has 1 fully saturated rings. The molecular formula is C13H23N3O2. The van der Waals surface area contributed by atoms with Crippen molar-refractivity contribution >= 4 is 0 Å². The topological polar surface area (TPSA) is 74.2 Å². The van der Waals surface area contributed by atoms with Gasteiger partial charge in [0, 0.05) is 13.0 Å². The third-order valence-electron chi connectivity index (χ3n) is 3.55. The predicted octanol–water partition coefficient (Wildman–Crippen LogP) is 2.16. The maximum absolute atomic E-state index is 5.96. The van der Waals surface area contributed by atoms with Crippen LogP contribution in [0.5, 0.6) is 0 Å². The molecule has 102 valence electrons. The Morgan fingerprint density at radius 2 is 2.11 bits per heavy atom. The summed E-state index contributed by atoms with van der Waals surface area (Å²) in [5, 5.41) is 4.13. The molecule has 0 spiro atoms. The first-order chi connectivity index (χ1) is 8.80. The molecule has 2 rings (SSSR count). The average Bonchev–Trinajstić information content (AvgIpc) is 2.87. The highest BCUT2D eigenvalue weighted by atomic mass is 16.5. The van der Waals surface area contributed by atoms with Gasteiger partial charge in [0.1, 0.15) is 5.60 Å². The van der Waals surface area contributed by atoms with Gasteiger partial charge < -0.3 is 15.0 Å². The van der Waals surface area contributed by atoms with Crippen LogP contribution in [-0.2, 0) is 16.8 Å². The summed E-state index contributed by atoms with van der Waals surface area (Å²) in [6, 6.07) is 0. The van der Waals surface area contributed by atoms with Crippen molar-refractivity contribution in [2.24, 2.45) is 5.73 Å². The van der Waals surface area contributed by atoms with Gasteiger partial charge in [0.15, 0.2) is 0 Å². The van der Waals surface area contributed by atoms with Crippen molar-refractivity contribution in [3.8, 4) is 0 Å². The lowest BCUT2D eigenvalue weighted by Gasteiger charge is -2.33. The Bertz CT molecular complexity index is 353. The molecule has 0 unspecified atom stereocenters. The molecule has 0 atom stereocenters. The van der Waals surface area contributed by atoms with Crippen LogP contribution in [0.4, 0.5) is 0 Å². The van der Waals surface area contributed by atoms with Gasteiger partial charge in [0.05, 0.1) is 0 Å². The van der Waals surface area contributed by atoms with Crippen molar-refractivity contribution in [1.82, 2.24) is 10.1 Å². The van der Waals surface area contributed by atoms with Gasteiger partial charge in [-0.1, -0.05) is 24.4 Å². The monoisotopic (exact) mass is 253 g/mol. The molecule has 0 bridgehead atoms. The average molecular weight is 253 g/mol. The summed E-state index contributed by atoms with van der Waals surface area (Å²) < 4.78 is 11.3. The highest BCUT2D eigenvalue weighted by Crippen LogP contribution is 2.39. The number of hydrogen-bond acceptors (Lipinski definition) is 5. The largest absolute Gasteiger partial charge is 0.367 e. The molecule has 1 aliphatic rings. The van der Waals surface area contributed by atoms with Gasteiger partial charge in [-0.25, -0.2) is 0 Å². The van der Waals surface area contributed by atoms with Crippen molar-refractivity contribution in [1.29, 1.82) is 0 Å². The molecule has 1 aromatic rings. The second-order valence-electron chi connectivity index (χ2n) is 4.89. The quantitative estimate of drug-likeness (QED) is 0.841. The highest BCUT2D eigenvalue weighted by molar-refractivity contribution is 5.03. The molecule has 0 amide bonds. The molecule has 1 saturated carbocycles. The first-order valence-electron chi connectivity index (χ1n) is 6.98. The summed E-state index contributed by atoms with van der Waals surface area (Å²) >= 11 is 0. The van der Waals surface area contributed by atoms with Crippen molar-refractivity contribution in [2.45, 2.75) is 57.5 Å². The van der Waals surface area contributed by atoms with Crippen LogP contribution < -0.4 is 5.73 Å². The van der Waals surface area contributed by atoms with Gasteiger partial charge in [-0.3, -0.25) is 0 Å². The van der Waals surface area contributed by atoms with Gasteiger partial charge in [0.25, 0.3) is 0 Å². The Morgan fingerprint density at radius 3 is 2.78 bits per heavy atom. The van der Waals surface area contributed by atoms with Gasteiger partial charge >= 0.3 is 0 Å². The summed E-state index contributed by atoms with van der Waals surface area (Å²) in [5.74, 6) is 1.41. The molecule has 0 radical (unpaired) electrons. The maximum Gasteiger partial charge on any atom is 0.226 e. The Hall–Kier alpha value is -0.940. The first-order valence-corrected chi connectivity index (χ1v) is 6.98. The molecular weight excluding hydrogens is 230 g/mol.